The van der Waals surface area contributed by atoms with E-state index in [1.54, 1.807) is 18.2 Å². The third-order valence-corrected chi connectivity index (χ3v) is 3.78. The molecule has 0 spiro atoms. The second kappa shape index (κ2) is 8.08. The highest BCUT2D eigenvalue weighted by molar-refractivity contribution is 5.85. The fraction of sp³-hybridized carbons (Fsp3) is 0.375. The van der Waals surface area contributed by atoms with E-state index >= 15 is 0 Å². The van der Waals surface area contributed by atoms with Gasteiger partial charge in [-0.25, -0.2) is 0 Å². The van der Waals surface area contributed by atoms with Gasteiger partial charge in [0.25, 0.3) is 5.69 Å². The first kappa shape index (κ1) is 18.4. The van der Waals surface area contributed by atoms with Crippen LogP contribution in [-0.4, -0.2) is 22.3 Å². The number of allylic oxidation sites excluding steroid dienone is 2. The summed E-state index contributed by atoms with van der Waals surface area (Å²) in [4.78, 5) is 10.2. The van der Waals surface area contributed by atoms with Crippen LogP contribution in [0.2, 0.25) is 0 Å². The summed E-state index contributed by atoms with van der Waals surface area (Å²) < 4.78 is 0. The molecule has 0 amide bonds. The number of hydrogen-bond donors (Lipinski definition) is 2. The van der Waals surface area contributed by atoms with E-state index in [1.165, 1.54) is 12.1 Å². The van der Waals surface area contributed by atoms with Crippen molar-refractivity contribution < 1.29 is 10.0 Å². The maximum absolute atomic E-state index is 10.6. The topological polar surface area (TPSA) is 75.4 Å². The van der Waals surface area contributed by atoms with Crippen molar-refractivity contribution in [1.82, 2.24) is 5.32 Å². The molecule has 1 unspecified atom stereocenters. The van der Waals surface area contributed by atoms with Crippen LogP contribution in [-0.2, 0) is 6.42 Å². The van der Waals surface area contributed by atoms with Gasteiger partial charge < -0.3 is 5.11 Å². The summed E-state index contributed by atoms with van der Waals surface area (Å²) in [5, 5.41) is 24.3. The zero-order chi connectivity index (χ0) is 15.3. The van der Waals surface area contributed by atoms with E-state index in [2.05, 4.69) is 5.32 Å². The predicted molar refractivity (Wildman–Crippen MR) is 89.1 cm³/mol. The molecule has 2 rings (SSSR count). The van der Waals surface area contributed by atoms with Crippen molar-refractivity contribution in [3.63, 3.8) is 0 Å². The molecule has 0 bridgehead atoms. The van der Waals surface area contributed by atoms with E-state index in [9.17, 15) is 15.2 Å². The Kier molecular flexibility index (Phi) is 6.74. The van der Waals surface area contributed by atoms with E-state index < -0.39 is 10.6 Å². The molecule has 2 N–H and O–H groups in total. The van der Waals surface area contributed by atoms with Crippen molar-refractivity contribution in [1.29, 1.82) is 0 Å². The molecule has 0 aliphatic heterocycles. The number of benzene rings is 1. The maximum atomic E-state index is 10.6. The molecule has 1 aromatic carbocycles. The Morgan fingerprint density at radius 3 is 2.59 bits per heavy atom. The van der Waals surface area contributed by atoms with E-state index in [0.29, 0.717) is 13.0 Å². The van der Waals surface area contributed by atoms with E-state index in [4.69, 9.17) is 0 Å². The smallest absolute Gasteiger partial charge is 0.269 e. The van der Waals surface area contributed by atoms with Crippen molar-refractivity contribution in [2.24, 2.45) is 5.92 Å². The van der Waals surface area contributed by atoms with Crippen LogP contribution >= 0.6 is 12.4 Å². The highest BCUT2D eigenvalue weighted by Crippen LogP contribution is 2.24. The average molecular weight is 325 g/mol. The summed E-state index contributed by atoms with van der Waals surface area (Å²) in [5.74, 6) is 0.0550. The van der Waals surface area contributed by atoms with Gasteiger partial charge in [0.05, 0.1) is 4.92 Å². The van der Waals surface area contributed by atoms with Crippen LogP contribution in [0.1, 0.15) is 18.9 Å². The Labute approximate surface area is 136 Å². The number of hydrogen-bond acceptors (Lipinski definition) is 4. The maximum Gasteiger partial charge on any atom is 0.269 e. The SMILES string of the molecule is CC[C@@H]1C=CC=CC1(O)NCCc1ccc([N+](=O)[O-])cc1.Cl. The second-order valence-electron chi connectivity index (χ2n) is 5.18. The molecular weight excluding hydrogens is 304 g/mol. The quantitative estimate of drug-likeness (QED) is 0.479. The first-order chi connectivity index (χ1) is 10.0. The lowest BCUT2D eigenvalue weighted by Gasteiger charge is -2.34. The minimum atomic E-state index is -1.01. The molecule has 0 heterocycles. The van der Waals surface area contributed by atoms with Crippen LogP contribution < -0.4 is 5.32 Å². The summed E-state index contributed by atoms with van der Waals surface area (Å²) in [6.07, 6.45) is 9.11. The van der Waals surface area contributed by atoms with E-state index in [-0.39, 0.29) is 24.0 Å². The molecule has 6 heteroatoms. The Morgan fingerprint density at radius 1 is 1.32 bits per heavy atom. The van der Waals surface area contributed by atoms with Gasteiger partial charge in [-0.1, -0.05) is 37.3 Å². The van der Waals surface area contributed by atoms with Gasteiger partial charge in [-0.2, -0.15) is 0 Å². The molecule has 0 fully saturated rings. The fourth-order valence-corrected chi connectivity index (χ4v) is 2.50. The molecule has 2 atom stereocenters. The van der Waals surface area contributed by atoms with Gasteiger partial charge in [-0.05, 0) is 24.5 Å². The van der Waals surface area contributed by atoms with Crippen LogP contribution in [0.15, 0.2) is 48.6 Å². The molecule has 120 valence electrons. The summed E-state index contributed by atoms with van der Waals surface area (Å²) in [5.41, 5.74) is 0.0846. The highest BCUT2D eigenvalue weighted by Gasteiger charge is 2.31. The molecule has 1 aliphatic carbocycles. The van der Waals surface area contributed by atoms with Crippen LogP contribution in [0.25, 0.3) is 0 Å². The Hall–Kier alpha value is -1.69. The van der Waals surface area contributed by atoms with Gasteiger partial charge in [0.1, 0.15) is 5.72 Å². The molecule has 1 aromatic rings. The number of rotatable bonds is 6. The van der Waals surface area contributed by atoms with Gasteiger partial charge in [0.2, 0.25) is 0 Å². The van der Waals surface area contributed by atoms with Crippen molar-refractivity contribution in [3.05, 3.63) is 64.2 Å². The van der Waals surface area contributed by atoms with E-state index in [1.807, 2.05) is 25.2 Å². The van der Waals surface area contributed by atoms with Gasteiger partial charge in [-0.15, -0.1) is 12.4 Å². The van der Waals surface area contributed by atoms with Crippen LogP contribution in [0, 0.1) is 16.0 Å². The molecule has 5 nitrogen and oxygen atoms in total. The number of halogens is 1. The zero-order valence-corrected chi connectivity index (χ0v) is 13.3. The first-order valence-electron chi connectivity index (χ1n) is 7.12. The number of non-ortho nitro benzene ring substituents is 1. The Balaban J connectivity index is 0.00000242. The molecule has 0 saturated carbocycles. The number of nitro benzene ring substituents is 1. The van der Waals surface area contributed by atoms with Gasteiger partial charge in [0.15, 0.2) is 0 Å². The molecule has 0 saturated heterocycles. The van der Waals surface area contributed by atoms with Crippen molar-refractivity contribution in [2.45, 2.75) is 25.5 Å². The minimum Gasteiger partial charge on any atom is -0.372 e. The number of nitrogens with zero attached hydrogens (tertiary/aromatic N) is 1. The zero-order valence-electron chi connectivity index (χ0n) is 12.4. The molecule has 0 radical (unpaired) electrons. The summed E-state index contributed by atoms with van der Waals surface area (Å²) in [7, 11) is 0. The van der Waals surface area contributed by atoms with Crippen LogP contribution in [0.5, 0.6) is 0 Å². The average Bonchev–Trinajstić information content (AvgIpc) is 2.48. The minimum absolute atomic E-state index is 0. The summed E-state index contributed by atoms with van der Waals surface area (Å²) in [6, 6.07) is 6.50. The second-order valence-corrected chi connectivity index (χ2v) is 5.18. The lowest BCUT2D eigenvalue weighted by Crippen LogP contribution is -2.50. The fourth-order valence-electron chi connectivity index (χ4n) is 2.50. The first-order valence-corrected chi connectivity index (χ1v) is 7.12. The van der Waals surface area contributed by atoms with Crippen LogP contribution in [0.3, 0.4) is 0 Å². The van der Waals surface area contributed by atoms with Gasteiger partial charge >= 0.3 is 0 Å². The lowest BCUT2D eigenvalue weighted by molar-refractivity contribution is -0.384. The number of nitro groups is 1. The molecule has 1 aliphatic rings. The van der Waals surface area contributed by atoms with Crippen molar-refractivity contribution >= 4 is 18.1 Å². The van der Waals surface area contributed by atoms with Gasteiger partial charge in [0, 0.05) is 24.6 Å². The van der Waals surface area contributed by atoms with Crippen LogP contribution in [0.4, 0.5) is 5.69 Å². The highest BCUT2D eigenvalue weighted by atomic mass is 35.5. The molecular formula is C16H21ClN2O3. The van der Waals surface area contributed by atoms with E-state index in [0.717, 1.165) is 12.0 Å². The Morgan fingerprint density at radius 2 is 2.00 bits per heavy atom. The summed E-state index contributed by atoms with van der Waals surface area (Å²) in [6.45, 7) is 2.64. The lowest BCUT2D eigenvalue weighted by atomic mass is 9.89. The monoisotopic (exact) mass is 324 g/mol. The third kappa shape index (κ3) is 4.40. The molecule has 22 heavy (non-hydrogen) atoms. The van der Waals surface area contributed by atoms with Crippen molar-refractivity contribution in [3.8, 4) is 0 Å². The largest absolute Gasteiger partial charge is 0.372 e. The van der Waals surface area contributed by atoms with Gasteiger partial charge in [-0.3, -0.25) is 15.4 Å². The predicted octanol–water partition coefficient (Wildman–Crippen LogP) is 2.99. The number of nitrogens with one attached hydrogen (secondary N) is 1. The standard InChI is InChI=1S/C16H20N2O3.ClH/c1-2-14-5-3-4-11-16(14,19)17-12-10-13-6-8-15(9-7-13)18(20)21;/h3-9,11,14,17,19H,2,10,12H2,1H3;1H/t14-,16?;/m1./s1. The third-order valence-electron chi connectivity index (χ3n) is 3.78. The number of aliphatic hydroxyl groups is 1. The molecule has 0 aromatic heterocycles. The summed E-state index contributed by atoms with van der Waals surface area (Å²) >= 11 is 0. The Bertz CT molecular complexity index is 557. The van der Waals surface area contributed by atoms with Crippen molar-refractivity contribution in [2.75, 3.05) is 6.54 Å². The normalized spacial score (nSPS) is 23.1.